The molecule has 3 nitrogen and oxygen atoms in total. The summed E-state index contributed by atoms with van der Waals surface area (Å²) in [5.41, 5.74) is 11.7. The Hall–Kier alpha value is -1.61. The van der Waals surface area contributed by atoms with Crippen molar-refractivity contribution in [2.24, 2.45) is 5.73 Å². The Morgan fingerprint density at radius 1 is 1.26 bits per heavy atom. The lowest BCUT2D eigenvalue weighted by Crippen LogP contribution is -2.12. The Morgan fingerprint density at radius 3 is 2.63 bits per heavy atom. The fourth-order valence-corrected chi connectivity index (χ4v) is 2.40. The topological polar surface area (TPSA) is 54.7 Å². The van der Waals surface area contributed by atoms with E-state index in [-0.39, 0.29) is 0 Å². The maximum atomic E-state index is 5.81. The van der Waals surface area contributed by atoms with Gasteiger partial charge in [-0.2, -0.15) is 0 Å². The third-order valence-electron chi connectivity index (χ3n) is 3.72. The summed E-state index contributed by atoms with van der Waals surface area (Å²) in [5.74, 6) is 1.33. The second-order valence-electron chi connectivity index (χ2n) is 5.25. The number of hydrogen-bond donors (Lipinski definition) is 2. The summed E-state index contributed by atoms with van der Waals surface area (Å²) in [6.45, 7) is 9.10. The van der Waals surface area contributed by atoms with Crippen LogP contribution in [0.15, 0.2) is 18.2 Å². The summed E-state index contributed by atoms with van der Waals surface area (Å²) < 4.78 is 0. The van der Waals surface area contributed by atoms with E-state index in [9.17, 15) is 0 Å². The van der Waals surface area contributed by atoms with Crippen molar-refractivity contribution in [2.75, 3.05) is 6.54 Å². The first-order chi connectivity index (χ1) is 9.06. The molecule has 1 atom stereocenters. The van der Waals surface area contributed by atoms with E-state index in [4.69, 9.17) is 10.7 Å². The maximum absolute atomic E-state index is 5.81. The number of imidazole rings is 1. The Bertz CT molecular complexity index is 565. The van der Waals surface area contributed by atoms with Crippen LogP contribution in [0.4, 0.5) is 0 Å². The van der Waals surface area contributed by atoms with Crippen LogP contribution in [0.25, 0.3) is 11.3 Å². The maximum Gasteiger partial charge on any atom is 0.111 e. The molecule has 1 aromatic heterocycles. The van der Waals surface area contributed by atoms with Gasteiger partial charge in [0.25, 0.3) is 0 Å². The van der Waals surface area contributed by atoms with Crippen LogP contribution in [0, 0.1) is 20.8 Å². The molecule has 0 aliphatic heterocycles. The van der Waals surface area contributed by atoms with E-state index in [0.717, 1.165) is 23.6 Å². The molecule has 3 heteroatoms. The highest BCUT2D eigenvalue weighted by Crippen LogP contribution is 2.28. The van der Waals surface area contributed by atoms with Gasteiger partial charge in [0.05, 0.1) is 5.69 Å². The van der Waals surface area contributed by atoms with E-state index in [2.05, 4.69) is 50.9 Å². The SMILES string of the molecule is CCC(CN)c1nc(-c2cc(C)ccc2C)c(C)[nH]1. The Labute approximate surface area is 115 Å². The number of aromatic nitrogens is 2. The summed E-state index contributed by atoms with van der Waals surface area (Å²) >= 11 is 0. The summed E-state index contributed by atoms with van der Waals surface area (Å²) in [6, 6.07) is 6.49. The zero-order valence-corrected chi connectivity index (χ0v) is 12.2. The Morgan fingerprint density at radius 2 is 2.00 bits per heavy atom. The van der Waals surface area contributed by atoms with Crippen LogP contribution in [-0.4, -0.2) is 16.5 Å². The molecular formula is C16H23N3. The molecule has 0 aliphatic rings. The van der Waals surface area contributed by atoms with Gasteiger partial charge in [-0.1, -0.05) is 24.6 Å². The van der Waals surface area contributed by atoms with Crippen LogP contribution in [0.2, 0.25) is 0 Å². The molecule has 1 aromatic carbocycles. The van der Waals surface area contributed by atoms with E-state index in [1.165, 1.54) is 16.7 Å². The van der Waals surface area contributed by atoms with E-state index >= 15 is 0 Å². The predicted molar refractivity (Wildman–Crippen MR) is 80.3 cm³/mol. The molecule has 0 aliphatic carbocycles. The van der Waals surface area contributed by atoms with Crippen LogP contribution < -0.4 is 5.73 Å². The molecule has 0 saturated carbocycles. The summed E-state index contributed by atoms with van der Waals surface area (Å²) in [4.78, 5) is 8.19. The highest BCUT2D eigenvalue weighted by Gasteiger charge is 2.16. The van der Waals surface area contributed by atoms with E-state index in [1.807, 2.05) is 0 Å². The zero-order chi connectivity index (χ0) is 14.0. The lowest BCUT2D eigenvalue weighted by molar-refractivity contribution is 0.638. The normalized spacial score (nSPS) is 12.7. The van der Waals surface area contributed by atoms with Gasteiger partial charge in [-0.15, -0.1) is 0 Å². The number of aryl methyl sites for hydroxylation is 3. The van der Waals surface area contributed by atoms with E-state index in [0.29, 0.717) is 12.5 Å². The molecule has 1 heterocycles. The fourth-order valence-electron chi connectivity index (χ4n) is 2.40. The summed E-state index contributed by atoms with van der Waals surface area (Å²) in [7, 11) is 0. The number of nitrogens with two attached hydrogens (primary N) is 1. The minimum absolute atomic E-state index is 0.317. The second-order valence-corrected chi connectivity index (χ2v) is 5.25. The number of nitrogens with zero attached hydrogens (tertiary/aromatic N) is 1. The number of nitrogens with one attached hydrogen (secondary N) is 1. The highest BCUT2D eigenvalue weighted by atomic mass is 14.9. The molecule has 3 N–H and O–H groups in total. The molecular weight excluding hydrogens is 234 g/mol. The van der Waals surface area contributed by atoms with Gasteiger partial charge in [0.1, 0.15) is 5.82 Å². The largest absolute Gasteiger partial charge is 0.345 e. The average molecular weight is 257 g/mol. The van der Waals surface area contributed by atoms with E-state index in [1.54, 1.807) is 0 Å². The second kappa shape index (κ2) is 5.57. The number of hydrogen-bond acceptors (Lipinski definition) is 2. The first kappa shape index (κ1) is 13.8. The van der Waals surface area contributed by atoms with Crippen molar-refractivity contribution in [3.63, 3.8) is 0 Å². The van der Waals surface area contributed by atoms with Crippen molar-refractivity contribution >= 4 is 0 Å². The van der Waals surface area contributed by atoms with E-state index < -0.39 is 0 Å². The molecule has 0 spiro atoms. The molecule has 0 saturated heterocycles. The van der Waals surface area contributed by atoms with Gasteiger partial charge in [0.15, 0.2) is 0 Å². The zero-order valence-electron chi connectivity index (χ0n) is 12.2. The van der Waals surface area contributed by atoms with Gasteiger partial charge in [0.2, 0.25) is 0 Å². The molecule has 0 radical (unpaired) electrons. The van der Waals surface area contributed by atoms with Gasteiger partial charge in [-0.05, 0) is 38.8 Å². The predicted octanol–water partition coefficient (Wildman–Crippen LogP) is 3.45. The molecule has 2 aromatic rings. The first-order valence-corrected chi connectivity index (χ1v) is 6.91. The van der Waals surface area contributed by atoms with Crippen molar-refractivity contribution in [3.05, 3.63) is 40.8 Å². The standard InChI is InChI=1S/C16H23N3/c1-5-13(9-17)16-18-12(4)15(19-16)14-8-10(2)6-7-11(14)3/h6-8,13H,5,9,17H2,1-4H3,(H,18,19). The quantitative estimate of drug-likeness (QED) is 0.881. The molecule has 0 fully saturated rings. The highest BCUT2D eigenvalue weighted by molar-refractivity contribution is 5.66. The van der Waals surface area contributed by atoms with Crippen LogP contribution in [0.3, 0.4) is 0 Å². The number of rotatable bonds is 4. The number of H-pyrrole nitrogens is 1. The Balaban J connectivity index is 2.48. The first-order valence-electron chi connectivity index (χ1n) is 6.91. The fraction of sp³-hybridized carbons (Fsp3) is 0.438. The van der Waals surface area contributed by atoms with Crippen molar-refractivity contribution in [1.82, 2.24) is 9.97 Å². The van der Waals surface area contributed by atoms with Gasteiger partial charge in [0, 0.05) is 23.7 Å². The Kier molecular flexibility index (Phi) is 4.05. The van der Waals surface area contributed by atoms with Crippen LogP contribution in [0.5, 0.6) is 0 Å². The van der Waals surface area contributed by atoms with Crippen LogP contribution in [0.1, 0.15) is 41.9 Å². The van der Waals surface area contributed by atoms with Crippen molar-refractivity contribution < 1.29 is 0 Å². The minimum Gasteiger partial charge on any atom is -0.345 e. The molecule has 0 bridgehead atoms. The molecule has 102 valence electrons. The molecule has 1 unspecified atom stereocenters. The average Bonchev–Trinajstić information content (AvgIpc) is 2.76. The smallest absolute Gasteiger partial charge is 0.111 e. The van der Waals surface area contributed by atoms with Crippen LogP contribution in [-0.2, 0) is 0 Å². The third kappa shape index (κ3) is 2.71. The lowest BCUT2D eigenvalue weighted by atomic mass is 10.0. The van der Waals surface area contributed by atoms with Crippen molar-refractivity contribution in [3.8, 4) is 11.3 Å². The van der Waals surface area contributed by atoms with Gasteiger partial charge in [-0.25, -0.2) is 4.98 Å². The summed E-state index contributed by atoms with van der Waals surface area (Å²) in [6.07, 6.45) is 1.01. The van der Waals surface area contributed by atoms with Gasteiger partial charge >= 0.3 is 0 Å². The van der Waals surface area contributed by atoms with Crippen LogP contribution >= 0.6 is 0 Å². The summed E-state index contributed by atoms with van der Waals surface area (Å²) in [5, 5.41) is 0. The molecule has 19 heavy (non-hydrogen) atoms. The lowest BCUT2D eigenvalue weighted by Gasteiger charge is -2.08. The van der Waals surface area contributed by atoms with Gasteiger partial charge < -0.3 is 10.7 Å². The number of aromatic amines is 1. The van der Waals surface area contributed by atoms with Crippen molar-refractivity contribution in [1.29, 1.82) is 0 Å². The van der Waals surface area contributed by atoms with Gasteiger partial charge in [-0.3, -0.25) is 0 Å². The molecule has 0 amide bonds. The van der Waals surface area contributed by atoms with Crippen molar-refractivity contribution in [2.45, 2.75) is 40.0 Å². The minimum atomic E-state index is 0.317. The number of benzene rings is 1. The third-order valence-corrected chi connectivity index (χ3v) is 3.72. The molecule has 2 rings (SSSR count). The monoisotopic (exact) mass is 257 g/mol.